The van der Waals surface area contributed by atoms with Crippen LogP contribution in [0.5, 0.6) is 0 Å². The molecule has 12 rings (SSSR count). The lowest BCUT2D eigenvalue weighted by atomic mass is 9.74. The average molecular weight is 805 g/mol. The lowest BCUT2D eigenvalue weighted by molar-refractivity contribution is -0.149. The van der Waals surface area contributed by atoms with E-state index in [4.69, 9.17) is 38.3 Å². The maximum absolute atomic E-state index is 11.9. The number of fused-ring (bicyclic) bond motifs is 21. The van der Waals surface area contributed by atoms with Crippen molar-refractivity contribution in [1.29, 1.82) is 0 Å². The van der Waals surface area contributed by atoms with Crippen molar-refractivity contribution in [2.75, 3.05) is 26.4 Å². The van der Waals surface area contributed by atoms with Crippen LogP contribution in [0.3, 0.4) is 0 Å². The first-order valence-corrected chi connectivity index (χ1v) is 22.7. The fourth-order valence-electron chi connectivity index (χ4n) is 14.9. The quantitative estimate of drug-likeness (QED) is 0.0797. The van der Waals surface area contributed by atoms with Gasteiger partial charge >= 0.3 is 17.9 Å². The Bertz CT molecular complexity index is 1690. The SMILES string of the molecule is C=C(C)C(=O)OCCC1CC2CC1C1C2CC2OC21.C=C(C)C(=O)OCCOC1CC2CC1C1C2CC2OC21.C=C(CCO)C(=O)OC1CC2CC1C1C2CC2OC21. The number of hydrogen-bond acceptors (Lipinski definition) is 11. The Morgan fingerprint density at radius 3 is 1.60 bits per heavy atom. The summed E-state index contributed by atoms with van der Waals surface area (Å²) in [5, 5.41) is 8.83. The maximum atomic E-state index is 11.9. The van der Waals surface area contributed by atoms with Gasteiger partial charge in [0.1, 0.15) is 12.7 Å². The van der Waals surface area contributed by atoms with Gasteiger partial charge in [0, 0.05) is 35.7 Å². The molecular formula is C47H64O11. The molecule has 0 aromatic rings. The van der Waals surface area contributed by atoms with Crippen molar-refractivity contribution in [3.63, 3.8) is 0 Å². The predicted molar refractivity (Wildman–Crippen MR) is 210 cm³/mol. The van der Waals surface area contributed by atoms with Gasteiger partial charge in [0.2, 0.25) is 0 Å². The summed E-state index contributed by atoms with van der Waals surface area (Å²) in [7, 11) is 0. The molecule has 0 aromatic heterocycles. The van der Waals surface area contributed by atoms with Crippen molar-refractivity contribution in [3.05, 3.63) is 36.5 Å². The van der Waals surface area contributed by atoms with E-state index >= 15 is 0 Å². The van der Waals surface area contributed by atoms with Gasteiger partial charge in [-0.25, -0.2) is 14.4 Å². The van der Waals surface area contributed by atoms with Crippen LogP contribution >= 0.6 is 0 Å². The fraction of sp³-hybridized carbons (Fsp3) is 0.809. The van der Waals surface area contributed by atoms with Crippen LogP contribution in [0.2, 0.25) is 0 Å². The largest absolute Gasteiger partial charge is 0.462 e. The van der Waals surface area contributed by atoms with E-state index in [0.29, 0.717) is 103 Å². The van der Waals surface area contributed by atoms with Crippen LogP contribution in [0.1, 0.15) is 84.5 Å². The Labute approximate surface area is 342 Å². The molecule has 3 saturated heterocycles. The second kappa shape index (κ2) is 15.4. The van der Waals surface area contributed by atoms with Crippen LogP contribution in [0.15, 0.2) is 36.5 Å². The van der Waals surface area contributed by atoms with E-state index in [2.05, 4.69) is 19.7 Å². The Kier molecular flexibility index (Phi) is 10.5. The maximum Gasteiger partial charge on any atom is 0.333 e. The van der Waals surface area contributed by atoms with Crippen LogP contribution in [0, 0.1) is 76.9 Å². The minimum absolute atomic E-state index is 0.0487. The standard InChI is InChI=1S/C16H22O4.C16H22O3.C15H20O4/c1-8(2)16(17)19-4-3-18-12-6-9-5-11(12)14-10(9)7-13-15(14)20-13;1-8(2)16(17)18-4-3-9-5-10-6-11(9)14-12(10)7-13-15(14)19-13;1-7(2-3-16)15(17)19-11-5-8-4-10(11)13-9(8)6-12-14(13)18-12/h9-15H,1,3-7H2,2H3;9-15H,1,3-7H2,2H3;8-14,16H,1-6H2. The van der Waals surface area contributed by atoms with Gasteiger partial charge in [0.15, 0.2) is 0 Å². The number of epoxide rings is 3. The summed E-state index contributed by atoms with van der Waals surface area (Å²) in [5.41, 5.74) is 1.32. The molecular weight excluding hydrogens is 741 g/mol. The van der Waals surface area contributed by atoms with E-state index in [1.165, 1.54) is 51.4 Å². The molecule has 3 heterocycles. The molecule has 21 unspecified atom stereocenters. The summed E-state index contributed by atoms with van der Waals surface area (Å²) in [5.74, 6) is 9.32. The summed E-state index contributed by atoms with van der Waals surface area (Å²) in [6.07, 6.45) is 16.4. The Hall–Kier alpha value is -2.57. The molecule has 6 bridgehead atoms. The molecule has 12 fully saturated rings. The van der Waals surface area contributed by atoms with Crippen LogP contribution in [-0.2, 0) is 47.5 Å². The number of carbonyl (C=O) groups is 3. The van der Waals surface area contributed by atoms with Crippen LogP contribution < -0.4 is 0 Å². The fourth-order valence-corrected chi connectivity index (χ4v) is 14.9. The van der Waals surface area contributed by atoms with E-state index in [9.17, 15) is 14.4 Å². The van der Waals surface area contributed by atoms with Crippen molar-refractivity contribution in [3.8, 4) is 0 Å². The molecule has 21 atom stereocenters. The van der Waals surface area contributed by atoms with Crippen LogP contribution in [-0.4, -0.2) is 98.3 Å². The van der Waals surface area contributed by atoms with Gasteiger partial charge in [0.05, 0.1) is 55.9 Å². The highest BCUT2D eigenvalue weighted by molar-refractivity contribution is 5.88. The number of ether oxygens (including phenoxy) is 7. The third-order valence-corrected chi connectivity index (χ3v) is 17.3. The zero-order chi connectivity index (χ0) is 40.1. The second-order valence-electron chi connectivity index (χ2n) is 20.3. The highest BCUT2D eigenvalue weighted by Crippen LogP contribution is 2.67. The van der Waals surface area contributed by atoms with Crippen molar-refractivity contribution >= 4 is 17.9 Å². The van der Waals surface area contributed by atoms with Crippen molar-refractivity contribution in [2.45, 2.75) is 133 Å². The number of esters is 3. The predicted octanol–water partition coefficient (Wildman–Crippen LogP) is 5.77. The van der Waals surface area contributed by atoms with E-state index in [-0.39, 0.29) is 30.6 Å². The number of aliphatic hydroxyl groups excluding tert-OH is 1. The Morgan fingerprint density at radius 1 is 0.569 bits per heavy atom. The molecule has 58 heavy (non-hydrogen) atoms. The van der Waals surface area contributed by atoms with Gasteiger partial charge in [-0.2, -0.15) is 0 Å². The summed E-state index contributed by atoms with van der Waals surface area (Å²) in [6.45, 7) is 15.6. The highest BCUT2D eigenvalue weighted by atomic mass is 16.6. The zero-order valence-corrected chi connectivity index (χ0v) is 34.4. The van der Waals surface area contributed by atoms with Gasteiger partial charge in [-0.05, 0) is 149 Å². The van der Waals surface area contributed by atoms with Gasteiger partial charge in [0.25, 0.3) is 0 Å². The van der Waals surface area contributed by atoms with Gasteiger partial charge in [-0.1, -0.05) is 19.7 Å². The van der Waals surface area contributed by atoms with Gasteiger partial charge < -0.3 is 38.3 Å². The third kappa shape index (κ3) is 7.14. The van der Waals surface area contributed by atoms with E-state index in [1.807, 2.05) is 0 Å². The number of hydrogen-bond donors (Lipinski definition) is 1. The van der Waals surface area contributed by atoms with E-state index in [0.717, 1.165) is 72.0 Å². The third-order valence-electron chi connectivity index (χ3n) is 17.3. The van der Waals surface area contributed by atoms with Crippen molar-refractivity contribution in [1.82, 2.24) is 0 Å². The molecule has 0 amide bonds. The topological polar surface area (TPSA) is 146 Å². The summed E-state index contributed by atoms with van der Waals surface area (Å²) in [6, 6.07) is 0. The first-order valence-electron chi connectivity index (χ1n) is 22.7. The molecule has 9 saturated carbocycles. The van der Waals surface area contributed by atoms with Crippen LogP contribution in [0.4, 0.5) is 0 Å². The zero-order valence-electron chi connectivity index (χ0n) is 34.4. The first-order chi connectivity index (χ1) is 28.0. The molecule has 12 aliphatic rings. The molecule has 0 aromatic carbocycles. The molecule has 11 heteroatoms. The molecule has 3 aliphatic heterocycles. The lowest BCUT2D eigenvalue weighted by Crippen LogP contribution is -2.35. The van der Waals surface area contributed by atoms with E-state index in [1.54, 1.807) is 13.8 Å². The van der Waals surface area contributed by atoms with Crippen molar-refractivity contribution < 1.29 is 52.6 Å². The minimum atomic E-state index is -0.327. The summed E-state index contributed by atoms with van der Waals surface area (Å²) < 4.78 is 39.1. The van der Waals surface area contributed by atoms with Gasteiger partial charge in [-0.15, -0.1) is 0 Å². The second-order valence-corrected chi connectivity index (χ2v) is 20.3. The molecule has 318 valence electrons. The lowest BCUT2D eigenvalue weighted by Gasteiger charge is -2.32. The van der Waals surface area contributed by atoms with Gasteiger partial charge in [-0.3, -0.25) is 0 Å². The van der Waals surface area contributed by atoms with Crippen molar-refractivity contribution in [2.24, 2.45) is 76.9 Å². The monoisotopic (exact) mass is 804 g/mol. The molecule has 0 spiro atoms. The molecule has 11 nitrogen and oxygen atoms in total. The van der Waals surface area contributed by atoms with E-state index < -0.39 is 0 Å². The number of rotatable bonds is 13. The van der Waals surface area contributed by atoms with Crippen LogP contribution in [0.25, 0.3) is 0 Å². The summed E-state index contributed by atoms with van der Waals surface area (Å²) in [4.78, 5) is 34.5. The molecule has 9 aliphatic carbocycles. The summed E-state index contributed by atoms with van der Waals surface area (Å²) >= 11 is 0. The smallest absolute Gasteiger partial charge is 0.333 e. The minimum Gasteiger partial charge on any atom is -0.462 e. The molecule has 1 N–H and O–H groups in total. The highest BCUT2D eigenvalue weighted by Gasteiger charge is 2.69. The number of aliphatic hydroxyl groups is 1. The first kappa shape index (κ1) is 39.6. The average Bonchev–Trinajstić information content (AvgIpc) is 3.76. The molecule has 0 radical (unpaired) electrons. The normalized spacial score (nSPS) is 48.2. The Balaban J connectivity index is 0.000000106. The number of carbonyl (C=O) groups excluding carboxylic acids is 3. The Morgan fingerprint density at radius 2 is 1.05 bits per heavy atom.